The van der Waals surface area contributed by atoms with Crippen LogP contribution in [0.2, 0.25) is 0 Å². The maximum atomic E-state index is 8.24. The number of isocyanates is 1. The van der Waals surface area contributed by atoms with Crippen molar-refractivity contribution in [3.63, 3.8) is 0 Å². The van der Waals surface area contributed by atoms with Crippen molar-refractivity contribution in [1.29, 1.82) is 5.26 Å². The maximum Gasteiger partial charge on any atom is 0.283 e. The van der Waals surface area contributed by atoms with Crippen LogP contribution in [0.5, 0.6) is 0 Å². The van der Waals surface area contributed by atoms with Crippen LogP contribution in [0.4, 0.5) is 0 Å². The molecule has 1 aromatic heterocycles. The Morgan fingerprint density at radius 1 is 1.30 bits per heavy atom. The molecule has 112 valence electrons. The molecule has 1 aromatic rings. The Bertz CT molecular complexity index is 390. The number of nitriles is 1. The Labute approximate surface area is 120 Å². The van der Waals surface area contributed by atoms with Gasteiger partial charge in [-0.05, 0) is 18.9 Å². The summed E-state index contributed by atoms with van der Waals surface area (Å²) in [7, 11) is 2.07. The molecule has 0 radical (unpaired) electrons. The van der Waals surface area contributed by atoms with Gasteiger partial charge in [0, 0.05) is 0 Å². The predicted octanol–water partition coefficient (Wildman–Crippen LogP) is 2.40. The molecule has 0 atom stereocenters. The lowest BCUT2D eigenvalue weighted by Gasteiger charge is -1.98. The highest BCUT2D eigenvalue weighted by Crippen LogP contribution is 2.05. The van der Waals surface area contributed by atoms with E-state index in [2.05, 4.69) is 41.8 Å². The summed E-state index contributed by atoms with van der Waals surface area (Å²) in [6, 6.07) is 0. The van der Waals surface area contributed by atoms with Gasteiger partial charge in [0.05, 0.1) is 13.6 Å². The number of aromatic nitrogens is 2. The number of hydrogen-bond acceptors (Lipinski definition) is 3. The highest BCUT2D eigenvalue weighted by Gasteiger charge is 1.98. The normalized spacial score (nSPS) is 8.25. The molecule has 0 bridgehead atoms. The van der Waals surface area contributed by atoms with Crippen molar-refractivity contribution in [2.75, 3.05) is 0 Å². The molecule has 0 unspecified atom stereocenters. The molecule has 1 rings (SSSR count). The predicted molar refractivity (Wildman–Crippen MR) is 75.6 cm³/mol. The number of carbonyl (C=O) groups excluding carboxylic acids is 1. The van der Waals surface area contributed by atoms with Crippen molar-refractivity contribution < 1.29 is 14.5 Å². The topological polar surface area (TPSA) is 92.2 Å². The lowest BCUT2D eigenvalue weighted by Crippen LogP contribution is -2.23. The molecule has 0 fully saturated rings. The van der Waals surface area contributed by atoms with Gasteiger partial charge in [0.25, 0.3) is 6.26 Å². The Morgan fingerprint density at radius 2 is 1.80 bits per heavy atom. The largest absolute Gasteiger partial charge is 0.724 e. The average molecular weight is 280 g/mol. The zero-order valence-electron chi connectivity index (χ0n) is 12.3. The molecule has 6 nitrogen and oxygen atoms in total. The van der Waals surface area contributed by atoms with Gasteiger partial charge < -0.3 is 10.5 Å². The van der Waals surface area contributed by atoms with E-state index in [-0.39, 0.29) is 0 Å². The Morgan fingerprint density at radius 3 is 2.25 bits per heavy atom. The maximum absolute atomic E-state index is 8.24. The minimum Gasteiger partial charge on any atom is -0.724 e. The molecule has 0 saturated heterocycles. The summed E-state index contributed by atoms with van der Waals surface area (Å²) in [5.41, 5.74) is 0. The van der Waals surface area contributed by atoms with E-state index in [4.69, 9.17) is 20.6 Å². The van der Waals surface area contributed by atoms with Crippen LogP contribution >= 0.6 is 0 Å². The Hall–Kier alpha value is -2.12. The van der Waals surface area contributed by atoms with Gasteiger partial charge in [-0.2, -0.15) is 5.26 Å². The summed E-state index contributed by atoms with van der Waals surface area (Å²) in [5, 5.41) is 20.5. The fraction of sp³-hybridized carbons (Fsp3) is 0.643. The van der Waals surface area contributed by atoms with Gasteiger partial charge in [-0.3, -0.25) is 4.79 Å². The summed E-state index contributed by atoms with van der Waals surface area (Å²) < 4.78 is 4.36. The van der Waals surface area contributed by atoms with E-state index in [0.717, 1.165) is 6.26 Å². The number of aliphatic hydroxyl groups excluding tert-OH is 1. The van der Waals surface area contributed by atoms with Crippen molar-refractivity contribution in [1.82, 2.24) is 4.57 Å². The summed E-state index contributed by atoms with van der Waals surface area (Å²) in [6.45, 7) is 3.44. The van der Waals surface area contributed by atoms with Crippen LogP contribution in [0.1, 0.15) is 45.4 Å². The third-order valence-corrected chi connectivity index (χ3v) is 2.59. The van der Waals surface area contributed by atoms with Crippen molar-refractivity contribution in [2.45, 2.75) is 52.0 Å². The number of imidazole rings is 1. The van der Waals surface area contributed by atoms with Gasteiger partial charge in [0.2, 0.25) is 6.33 Å². The molecule has 0 aliphatic heterocycles. The molecular formula is C14H24N4O2. The van der Waals surface area contributed by atoms with Gasteiger partial charge in [-0.15, -0.1) is 0 Å². The van der Waals surface area contributed by atoms with Gasteiger partial charge in [0.15, 0.2) is 0 Å². The van der Waals surface area contributed by atoms with Crippen molar-refractivity contribution >= 4 is 6.08 Å². The highest BCUT2D eigenvalue weighted by molar-refractivity contribution is 5.36. The first-order valence-corrected chi connectivity index (χ1v) is 6.71. The van der Waals surface area contributed by atoms with Crippen molar-refractivity contribution in [2.24, 2.45) is 7.05 Å². The molecule has 0 aliphatic rings. The minimum atomic E-state index is 0.500. The summed E-state index contributed by atoms with van der Waals surface area (Å²) >= 11 is 0. The lowest BCUT2D eigenvalue weighted by atomic mass is 10.1. The van der Waals surface area contributed by atoms with E-state index in [1.807, 2.05) is 0 Å². The Balaban J connectivity index is 0. The van der Waals surface area contributed by atoms with E-state index >= 15 is 0 Å². The quantitative estimate of drug-likeness (QED) is 0.273. The number of aliphatic hydroxyl groups is 1. The summed E-state index contributed by atoms with van der Waals surface area (Å²) in [4.78, 5) is 8.24. The molecular weight excluding hydrogens is 256 g/mol. The second-order valence-electron chi connectivity index (χ2n) is 4.28. The van der Waals surface area contributed by atoms with Gasteiger partial charge in [-0.25, -0.2) is 9.13 Å². The van der Waals surface area contributed by atoms with Gasteiger partial charge in [0.1, 0.15) is 12.4 Å². The van der Waals surface area contributed by atoms with Crippen LogP contribution in [-0.2, 0) is 18.4 Å². The molecule has 0 aliphatic carbocycles. The SMILES string of the molecule is CCCCCCCCn1cc[n+](C)c1.N#CO.[N-]=C=O. The first-order chi connectivity index (χ1) is 9.65. The van der Waals surface area contributed by atoms with E-state index in [1.165, 1.54) is 45.1 Å². The molecule has 1 N–H and O–H groups in total. The number of nitrogens with zero attached hydrogens (tertiary/aromatic N) is 4. The fourth-order valence-electron chi connectivity index (χ4n) is 1.71. The number of unbranched alkanes of at least 4 members (excludes halogenated alkanes) is 5. The van der Waals surface area contributed by atoms with Crippen LogP contribution in [0.25, 0.3) is 5.41 Å². The van der Waals surface area contributed by atoms with Crippen LogP contribution in [0, 0.1) is 11.5 Å². The second kappa shape index (κ2) is 16.9. The number of aryl methyl sites for hydroxylation is 2. The third-order valence-electron chi connectivity index (χ3n) is 2.59. The first kappa shape index (κ1) is 20.2. The van der Waals surface area contributed by atoms with Crippen LogP contribution in [0.15, 0.2) is 18.7 Å². The zero-order chi connectivity index (χ0) is 15.6. The minimum absolute atomic E-state index is 0.500. The van der Waals surface area contributed by atoms with E-state index in [0.29, 0.717) is 6.08 Å². The van der Waals surface area contributed by atoms with Gasteiger partial charge >= 0.3 is 0 Å². The van der Waals surface area contributed by atoms with Crippen molar-refractivity contribution in [3.8, 4) is 6.26 Å². The average Bonchev–Trinajstić information content (AvgIpc) is 2.81. The Kier molecular flexibility index (Phi) is 17.1. The first-order valence-electron chi connectivity index (χ1n) is 6.71. The summed E-state index contributed by atoms with van der Waals surface area (Å²) in [5.74, 6) is 0. The molecule has 0 spiro atoms. The van der Waals surface area contributed by atoms with Crippen LogP contribution < -0.4 is 4.57 Å². The lowest BCUT2D eigenvalue weighted by molar-refractivity contribution is -0.671. The van der Waals surface area contributed by atoms with E-state index in [1.54, 1.807) is 0 Å². The fourth-order valence-corrected chi connectivity index (χ4v) is 1.71. The van der Waals surface area contributed by atoms with Crippen LogP contribution in [-0.4, -0.2) is 15.8 Å². The number of hydrogen-bond donors (Lipinski definition) is 1. The molecule has 20 heavy (non-hydrogen) atoms. The molecule has 0 aromatic carbocycles. The second-order valence-corrected chi connectivity index (χ2v) is 4.28. The molecule has 0 amide bonds. The number of rotatable bonds is 7. The zero-order valence-corrected chi connectivity index (χ0v) is 12.3. The van der Waals surface area contributed by atoms with Crippen LogP contribution in [0.3, 0.4) is 0 Å². The molecule has 1 heterocycles. The smallest absolute Gasteiger partial charge is 0.283 e. The monoisotopic (exact) mass is 280 g/mol. The van der Waals surface area contributed by atoms with E-state index < -0.39 is 0 Å². The van der Waals surface area contributed by atoms with Crippen molar-refractivity contribution in [3.05, 3.63) is 24.1 Å². The van der Waals surface area contributed by atoms with E-state index in [9.17, 15) is 0 Å². The third kappa shape index (κ3) is 15.9. The summed E-state index contributed by atoms with van der Waals surface area (Å²) in [6.07, 6.45) is 15.9. The highest BCUT2D eigenvalue weighted by atomic mass is 16.2. The molecule has 6 heteroatoms. The molecule has 0 saturated carbocycles. The van der Waals surface area contributed by atoms with Gasteiger partial charge in [-0.1, -0.05) is 32.6 Å². The standard InChI is InChI=1S/C12H23N2.CHNO.CNO/c1-3-4-5-6-7-8-9-14-11-10-13(2)12-14;2*2-1-3/h10-12H,3-9H2,1-2H3;3H;/q+1;;-1.